The first kappa shape index (κ1) is 16.3. The molecule has 2 N–H and O–H groups in total. The van der Waals surface area contributed by atoms with E-state index in [4.69, 9.17) is 9.84 Å². The van der Waals surface area contributed by atoms with Gasteiger partial charge < -0.3 is 15.2 Å². The first-order valence-electron chi connectivity index (χ1n) is 5.92. The van der Waals surface area contributed by atoms with Crippen molar-refractivity contribution >= 4 is 5.97 Å². The SMILES string of the molecule is CNC(C)(CCOc1ccccc1C(F)(F)F)C(=O)O. The Labute approximate surface area is 114 Å². The lowest BCUT2D eigenvalue weighted by Gasteiger charge is -2.24. The van der Waals surface area contributed by atoms with E-state index in [9.17, 15) is 18.0 Å². The maximum atomic E-state index is 12.7. The molecule has 1 rings (SSSR count). The molecular formula is C13H16F3NO3. The van der Waals surface area contributed by atoms with Gasteiger partial charge in [-0.15, -0.1) is 0 Å². The summed E-state index contributed by atoms with van der Waals surface area (Å²) < 4.78 is 43.2. The zero-order valence-corrected chi connectivity index (χ0v) is 11.1. The number of rotatable bonds is 6. The molecule has 7 heteroatoms. The van der Waals surface area contributed by atoms with Crippen molar-refractivity contribution < 1.29 is 27.8 Å². The number of carbonyl (C=O) groups is 1. The highest BCUT2D eigenvalue weighted by atomic mass is 19.4. The number of hydrogen-bond donors (Lipinski definition) is 2. The van der Waals surface area contributed by atoms with Gasteiger partial charge >= 0.3 is 12.1 Å². The van der Waals surface area contributed by atoms with Crippen molar-refractivity contribution in [3.63, 3.8) is 0 Å². The van der Waals surface area contributed by atoms with E-state index in [1.54, 1.807) is 0 Å². The molecule has 1 aromatic carbocycles. The van der Waals surface area contributed by atoms with E-state index < -0.39 is 23.2 Å². The minimum atomic E-state index is -4.50. The van der Waals surface area contributed by atoms with Crippen LogP contribution in [0.2, 0.25) is 0 Å². The number of hydrogen-bond acceptors (Lipinski definition) is 3. The average Bonchev–Trinajstić information content (AvgIpc) is 2.37. The predicted molar refractivity (Wildman–Crippen MR) is 66.7 cm³/mol. The average molecular weight is 291 g/mol. The number of aliphatic carboxylic acids is 1. The topological polar surface area (TPSA) is 58.6 Å². The Bertz CT molecular complexity index is 476. The lowest BCUT2D eigenvalue weighted by atomic mass is 9.99. The van der Waals surface area contributed by atoms with Gasteiger partial charge in [-0.2, -0.15) is 13.2 Å². The Morgan fingerprint density at radius 1 is 1.35 bits per heavy atom. The minimum absolute atomic E-state index is 0.0328. The zero-order chi connectivity index (χ0) is 15.4. The Hall–Kier alpha value is -1.76. The number of alkyl halides is 3. The van der Waals surface area contributed by atoms with E-state index in [1.165, 1.54) is 32.2 Å². The van der Waals surface area contributed by atoms with Crippen LogP contribution in [0.3, 0.4) is 0 Å². The van der Waals surface area contributed by atoms with Crippen molar-refractivity contribution in [3.05, 3.63) is 29.8 Å². The van der Waals surface area contributed by atoms with Crippen molar-refractivity contribution in [2.75, 3.05) is 13.7 Å². The second kappa shape index (κ2) is 6.13. The summed E-state index contributed by atoms with van der Waals surface area (Å²) in [4.78, 5) is 11.0. The van der Waals surface area contributed by atoms with Crippen LogP contribution < -0.4 is 10.1 Å². The molecular weight excluding hydrogens is 275 g/mol. The molecule has 0 heterocycles. The van der Waals surface area contributed by atoms with E-state index in [-0.39, 0.29) is 18.8 Å². The molecule has 112 valence electrons. The van der Waals surface area contributed by atoms with Gasteiger partial charge in [0.25, 0.3) is 0 Å². The number of carboxylic acids is 1. The maximum Gasteiger partial charge on any atom is 0.419 e. The fourth-order valence-corrected chi connectivity index (χ4v) is 1.53. The summed E-state index contributed by atoms with van der Waals surface area (Å²) in [7, 11) is 1.47. The molecule has 0 saturated heterocycles. The molecule has 0 saturated carbocycles. The third-order valence-corrected chi connectivity index (χ3v) is 3.08. The Morgan fingerprint density at radius 3 is 2.45 bits per heavy atom. The number of benzene rings is 1. The van der Waals surface area contributed by atoms with Crippen molar-refractivity contribution in [1.82, 2.24) is 5.32 Å². The van der Waals surface area contributed by atoms with Gasteiger partial charge in [0, 0.05) is 6.42 Å². The van der Waals surface area contributed by atoms with Crippen molar-refractivity contribution in [3.8, 4) is 5.75 Å². The molecule has 0 aliphatic heterocycles. The Morgan fingerprint density at radius 2 is 1.95 bits per heavy atom. The highest BCUT2D eigenvalue weighted by molar-refractivity contribution is 5.78. The van der Waals surface area contributed by atoms with E-state index in [0.29, 0.717) is 0 Å². The van der Waals surface area contributed by atoms with Gasteiger partial charge in [0.05, 0.1) is 12.2 Å². The summed E-state index contributed by atoms with van der Waals surface area (Å²) in [6.07, 6.45) is -4.47. The molecule has 0 aliphatic carbocycles. The molecule has 0 radical (unpaired) electrons. The molecule has 4 nitrogen and oxygen atoms in total. The summed E-state index contributed by atoms with van der Waals surface area (Å²) in [5, 5.41) is 11.6. The molecule has 1 unspecified atom stereocenters. The monoisotopic (exact) mass is 291 g/mol. The number of carboxylic acid groups (broad SMARTS) is 1. The number of halogens is 3. The lowest BCUT2D eigenvalue weighted by molar-refractivity contribution is -0.145. The summed E-state index contributed by atoms with van der Waals surface area (Å²) >= 11 is 0. The van der Waals surface area contributed by atoms with Crippen LogP contribution in [0.1, 0.15) is 18.9 Å². The molecule has 0 spiro atoms. The van der Waals surface area contributed by atoms with Crippen LogP contribution >= 0.6 is 0 Å². The van der Waals surface area contributed by atoms with E-state index >= 15 is 0 Å². The normalized spacial score (nSPS) is 14.7. The van der Waals surface area contributed by atoms with Crippen LogP contribution in [0.4, 0.5) is 13.2 Å². The highest BCUT2D eigenvalue weighted by Gasteiger charge is 2.35. The Kier molecular flexibility index (Phi) is 4.99. The number of para-hydroxylation sites is 1. The van der Waals surface area contributed by atoms with Crippen LogP contribution in [0.15, 0.2) is 24.3 Å². The van der Waals surface area contributed by atoms with Crippen LogP contribution in [-0.2, 0) is 11.0 Å². The minimum Gasteiger partial charge on any atom is -0.493 e. The van der Waals surface area contributed by atoms with E-state index in [0.717, 1.165) is 6.07 Å². The van der Waals surface area contributed by atoms with Crippen LogP contribution in [-0.4, -0.2) is 30.3 Å². The largest absolute Gasteiger partial charge is 0.493 e. The van der Waals surface area contributed by atoms with Crippen molar-refractivity contribution in [2.45, 2.75) is 25.1 Å². The molecule has 0 fully saturated rings. The summed E-state index contributed by atoms with van der Waals surface area (Å²) in [6.45, 7) is 1.30. The zero-order valence-electron chi connectivity index (χ0n) is 11.1. The first-order chi connectivity index (χ1) is 9.20. The first-order valence-corrected chi connectivity index (χ1v) is 5.92. The number of nitrogens with one attached hydrogen (secondary N) is 1. The second-order valence-corrected chi connectivity index (χ2v) is 4.48. The molecule has 0 bridgehead atoms. The van der Waals surface area contributed by atoms with Gasteiger partial charge in [-0.25, -0.2) is 0 Å². The highest BCUT2D eigenvalue weighted by Crippen LogP contribution is 2.36. The van der Waals surface area contributed by atoms with E-state index in [1.807, 2.05) is 0 Å². The number of likely N-dealkylation sites (N-methyl/N-ethyl adjacent to an activating group) is 1. The predicted octanol–water partition coefficient (Wildman–Crippen LogP) is 2.54. The van der Waals surface area contributed by atoms with Gasteiger partial charge in [-0.3, -0.25) is 4.79 Å². The van der Waals surface area contributed by atoms with Gasteiger partial charge in [-0.1, -0.05) is 12.1 Å². The molecule has 0 aliphatic rings. The smallest absolute Gasteiger partial charge is 0.419 e. The van der Waals surface area contributed by atoms with Crippen LogP contribution in [0.25, 0.3) is 0 Å². The fourth-order valence-electron chi connectivity index (χ4n) is 1.53. The lowest BCUT2D eigenvalue weighted by Crippen LogP contribution is -2.48. The van der Waals surface area contributed by atoms with Gasteiger partial charge in [-0.05, 0) is 26.1 Å². The quantitative estimate of drug-likeness (QED) is 0.845. The fraction of sp³-hybridized carbons (Fsp3) is 0.462. The third kappa shape index (κ3) is 3.86. The van der Waals surface area contributed by atoms with Gasteiger partial charge in [0.2, 0.25) is 0 Å². The van der Waals surface area contributed by atoms with E-state index in [2.05, 4.69) is 5.32 Å². The molecule has 1 atom stereocenters. The van der Waals surface area contributed by atoms with Crippen LogP contribution in [0, 0.1) is 0 Å². The third-order valence-electron chi connectivity index (χ3n) is 3.08. The van der Waals surface area contributed by atoms with Gasteiger partial charge in [0.15, 0.2) is 0 Å². The maximum absolute atomic E-state index is 12.7. The molecule has 0 aromatic heterocycles. The second-order valence-electron chi connectivity index (χ2n) is 4.48. The van der Waals surface area contributed by atoms with Crippen molar-refractivity contribution in [1.29, 1.82) is 0 Å². The van der Waals surface area contributed by atoms with Crippen molar-refractivity contribution in [2.24, 2.45) is 0 Å². The van der Waals surface area contributed by atoms with Crippen LogP contribution in [0.5, 0.6) is 5.75 Å². The summed E-state index contributed by atoms with van der Waals surface area (Å²) in [6, 6.07) is 4.83. The van der Waals surface area contributed by atoms with Gasteiger partial charge in [0.1, 0.15) is 11.3 Å². The Balaban J connectivity index is 2.75. The summed E-state index contributed by atoms with van der Waals surface area (Å²) in [5.74, 6) is -1.39. The molecule has 1 aromatic rings. The molecule has 0 amide bonds. The summed E-state index contributed by atoms with van der Waals surface area (Å²) in [5.41, 5.74) is -2.12. The number of ether oxygens (including phenoxy) is 1. The standard InChI is InChI=1S/C13H16F3NO3/c1-12(17-2,11(18)19)7-8-20-10-6-4-3-5-9(10)13(14,15)16/h3-6,17H,7-8H2,1-2H3,(H,18,19). The molecule has 20 heavy (non-hydrogen) atoms.